The summed E-state index contributed by atoms with van der Waals surface area (Å²) in [6.07, 6.45) is 5.10. The number of benzene rings is 1. The average molecular weight is 724 g/mol. The summed E-state index contributed by atoms with van der Waals surface area (Å²) >= 11 is 0. The van der Waals surface area contributed by atoms with Crippen LogP contribution in [0.5, 0.6) is 0 Å². The number of rotatable bonds is 0. The maximum absolute atomic E-state index is 14.8. The van der Waals surface area contributed by atoms with E-state index in [2.05, 4.69) is 0 Å². The first kappa shape index (κ1) is 33.0. The molecular weight excluding hydrogens is 693 g/mol. The standard InChI is InChI=1S/C40H30F9N3/c41-38(42,43)24-13-16-32-28-9-3-4-10-29(28)36-35(50(32)20-24)19-23-7-1-2-8-27(23)33-17-14-25(39(44,45)46)21-51(33)37(36)31-12-6-5-11-30(31)34-18-15-26(22-52(34)37)40(47,48)49/h1-8,10,12-13,15-16,18,20-22,33,35-36H,9,11,14,17,19H2. The van der Waals surface area contributed by atoms with Crippen molar-refractivity contribution in [3.05, 3.63) is 165 Å². The van der Waals surface area contributed by atoms with Crippen LogP contribution in [0.2, 0.25) is 0 Å². The molecule has 0 aromatic heterocycles. The van der Waals surface area contributed by atoms with Crippen molar-refractivity contribution in [3.8, 4) is 0 Å². The van der Waals surface area contributed by atoms with Gasteiger partial charge in [0.2, 0.25) is 0 Å². The quantitative estimate of drug-likeness (QED) is 0.247. The molecular formula is C40H30F9N3. The number of halogens is 9. The van der Waals surface area contributed by atoms with Gasteiger partial charge in [-0.05, 0) is 84.3 Å². The second kappa shape index (κ2) is 11.1. The zero-order valence-electron chi connectivity index (χ0n) is 27.3. The fourth-order valence-corrected chi connectivity index (χ4v) is 9.50. The number of allylic oxidation sites excluding steroid dienone is 14. The summed E-state index contributed by atoms with van der Waals surface area (Å²) in [5, 5.41) is 0. The van der Waals surface area contributed by atoms with Gasteiger partial charge < -0.3 is 14.7 Å². The van der Waals surface area contributed by atoms with Crippen molar-refractivity contribution in [1.82, 2.24) is 14.7 Å². The van der Waals surface area contributed by atoms with Gasteiger partial charge in [-0.2, -0.15) is 39.5 Å². The summed E-state index contributed by atoms with van der Waals surface area (Å²) in [6, 6.07) is 5.66. The molecule has 0 saturated heterocycles. The molecule has 4 atom stereocenters. The molecule has 9 rings (SSSR count). The molecule has 52 heavy (non-hydrogen) atoms. The highest BCUT2D eigenvalue weighted by Crippen LogP contribution is 2.63. The maximum atomic E-state index is 14.8. The van der Waals surface area contributed by atoms with Crippen molar-refractivity contribution < 1.29 is 39.5 Å². The Labute approximate surface area is 293 Å². The third-order valence-corrected chi connectivity index (χ3v) is 11.5. The number of nitrogens with zero attached hydrogens (tertiary/aromatic N) is 3. The minimum atomic E-state index is -4.80. The molecule has 2 aliphatic carbocycles. The molecule has 6 heterocycles. The van der Waals surface area contributed by atoms with E-state index in [0.717, 1.165) is 36.3 Å². The van der Waals surface area contributed by atoms with Crippen LogP contribution in [-0.2, 0) is 6.42 Å². The van der Waals surface area contributed by atoms with Crippen molar-refractivity contribution in [2.45, 2.75) is 68.4 Å². The summed E-state index contributed by atoms with van der Waals surface area (Å²) in [4.78, 5) is 4.70. The van der Waals surface area contributed by atoms with Gasteiger partial charge in [0, 0.05) is 47.2 Å². The van der Waals surface area contributed by atoms with Crippen LogP contribution in [0.25, 0.3) is 0 Å². The van der Waals surface area contributed by atoms with Gasteiger partial charge in [0.25, 0.3) is 0 Å². The van der Waals surface area contributed by atoms with E-state index in [0.29, 0.717) is 52.1 Å². The lowest BCUT2D eigenvalue weighted by Crippen LogP contribution is -2.68. The lowest BCUT2D eigenvalue weighted by molar-refractivity contribution is -0.105. The molecule has 0 N–H and O–H groups in total. The van der Waals surface area contributed by atoms with Crippen molar-refractivity contribution in [2.75, 3.05) is 0 Å². The molecule has 1 aromatic rings. The molecule has 4 unspecified atom stereocenters. The fourth-order valence-electron chi connectivity index (χ4n) is 9.50. The fraction of sp³-hybridized carbons (Fsp3) is 0.300. The van der Waals surface area contributed by atoms with E-state index in [1.165, 1.54) is 17.1 Å². The first-order valence-electron chi connectivity index (χ1n) is 17.1. The highest BCUT2D eigenvalue weighted by molar-refractivity contribution is 5.65. The molecule has 268 valence electrons. The van der Waals surface area contributed by atoms with Crippen LogP contribution >= 0.6 is 0 Å². The number of hydrogen-bond donors (Lipinski definition) is 0. The molecule has 0 amide bonds. The van der Waals surface area contributed by atoms with E-state index < -0.39 is 58.9 Å². The molecule has 0 bridgehead atoms. The molecule has 6 aliphatic heterocycles. The predicted octanol–water partition coefficient (Wildman–Crippen LogP) is 10.5. The Morgan fingerprint density at radius 1 is 0.692 bits per heavy atom. The van der Waals surface area contributed by atoms with Crippen LogP contribution < -0.4 is 0 Å². The Bertz CT molecular complexity index is 2130. The minimum absolute atomic E-state index is 0.0201. The number of fused-ring (bicyclic) bond motifs is 14. The van der Waals surface area contributed by atoms with Gasteiger partial charge in [0.05, 0.1) is 23.1 Å². The first-order valence-corrected chi connectivity index (χ1v) is 17.1. The highest BCUT2D eigenvalue weighted by Gasteiger charge is 2.65. The van der Waals surface area contributed by atoms with E-state index in [-0.39, 0.29) is 19.3 Å². The van der Waals surface area contributed by atoms with Crippen LogP contribution in [0.4, 0.5) is 39.5 Å². The van der Waals surface area contributed by atoms with Gasteiger partial charge in [-0.15, -0.1) is 0 Å². The van der Waals surface area contributed by atoms with E-state index in [9.17, 15) is 39.5 Å². The minimum Gasteiger partial charge on any atom is -0.343 e. The van der Waals surface area contributed by atoms with Crippen LogP contribution in [0.15, 0.2) is 154 Å². The van der Waals surface area contributed by atoms with Crippen LogP contribution in [-0.4, -0.2) is 44.9 Å². The Hall–Kier alpha value is -4.87. The Balaban J connectivity index is 1.43. The largest absolute Gasteiger partial charge is 0.417 e. The SMILES string of the molecule is FC(F)(F)C1=CN2C(=C3CC=CC=C3C3C2Cc2ccccc2C2CCC(C(F)(F)F)=CN2C32C3=CC=CCC3=C3C=CC(C(F)(F)F)=CN32)C=C1. The van der Waals surface area contributed by atoms with Crippen LogP contribution in [0.1, 0.15) is 42.9 Å². The van der Waals surface area contributed by atoms with Crippen molar-refractivity contribution in [3.63, 3.8) is 0 Å². The summed E-state index contributed by atoms with van der Waals surface area (Å²) in [7, 11) is 0. The van der Waals surface area contributed by atoms with Gasteiger partial charge in [-0.25, -0.2) is 0 Å². The molecule has 12 heteroatoms. The molecule has 0 fully saturated rings. The first-order chi connectivity index (χ1) is 24.7. The topological polar surface area (TPSA) is 9.72 Å². The summed E-state index contributed by atoms with van der Waals surface area (Å²) in [5.41, 5.74) is 0.433. The van der Waals surface area contributed by atoms with E-state index >= 15 is 0 Å². The van der Waals surface area contributed by atoms with Gasteiger partial charge in [0.15, 0.2) is 5.66 Å². The normalized spacial score (nSPS) is 29.1. The van der Waals surface area contributed by atoms with Crippen molar-refractivity contribution in [2.24, 2.45) is 5.92 Å². The van der Waals surface area contributed by atoms with Crippen molar-refractivity contribution >= 4 is 0 Å². The maximum Gasteiger partial charge on any atom is 0.417 e. The molecule has 8 aliphatic rings. The van der Waals surface area contributed by atoms with Gasteiger partial charge >= 0.3 is 18.5 Å². The average Bonchev–Trinajstić information content (AvgIpc) is 3.40. The van der Waals surface area contributed by atoms with Gasteiger partial charge in [-0.3, -0.25) is 0 Å². The van der Waals surface area contributed by atoms with E-state index in [1.54, 1.807) is 34.1 Å². The van der Waals surface area contributed by atoms with Crippen LogP contribution in [0, 0.1) is 5.92 Å². The highest BCUT2D eigenvalue weighted by atomic mass is 19.4. The van der Waals surface area contributed by atoms with Gasteiger partial charge in [-0.1, -0.05) is 60.7 Å². The molecule has 3 nitrogen and oxygen atoms in total. The number of alkyl halides is 9. The second-order valence-electron chi connectivity index (χ2n) is 14.1. The third kappa shape index (κ3) is 4.67. The lowest BCUT2D eigenvalue weighted by Gasteiger charge is -2.62. The summed E-state index contributed by atoms with van der Waals surface area (Å²) in [5.74, 6) is -0.949. The number of hydrogen-bond acceptors (Lipinski definition) is 3. The molecule has 1 aromatic carbocycles. The zero-order valence-corrected chi connectivity index (χ0v) is 27.3. The van der Waals surface area contributed by atoms with E-state index in [1.807, 2.05) is 36.4 Å². The van der Waals surface area contributed by atoms with Crippen LogP contribution in [0.3, 0.4) is 0 Å². The lowest BCUT2D eigenvalue weighted by atomic mass is 9.64. The second-order valence-corrected chi connectivity index (χ2v) is 14.1. The zero-order chi connectivity index (χ0) is 36.4. The summed E-state index contributed by atoms with van der Waals surface area (Å²) < 4.78 is 132. The summed E-state index contributed by atoms with van der Waals surface area (Å²) in [6.45, 7) is 0. The van der Waals surface area contributed by atoms with E-state index in [4.69, 9.17) is 0 Å². The Morgan fingerprint density at radius 3 is 2.10 bits per heavy atom. The van der Waals surface area contributed by atoms with Gasteiger partial charge in [0.1, 0.15) is 0 Å². The predicted molar refractivity (Wildman–Crippen MR) is 176 cm³/mol. The Morgan fingerprint density at radius 2 is 1.37 bits per heavy atom. The van der Waals surface area contributed by atoms with Crippen molar-refractivity contribution in [1.29, 1.82) is 0 Å². The monoisotopic (exact) mass is 723 g/mol. The molecule has 0 saturated carbocycles. The third-order valence-electron chi connectivity index (χ3n) is 11.5. The molecule has 0 radical (unpaired) electrons. The molecule has 1 spiro atoms. The smallest absolute Gasteiger partial charge is 0.343 e. The Kier molecular flexibility index (Phi) is 7.02.